The van der Waals surface area contributed by atoms with Crippen LogP contribution in [0.3, 0.4) is 0 Å². The van der Waals surface area contributed by atoms with Gasteiger partial charge in [0.05, 0.1) is 16.8 Å². The smallest absolute Gasteiger partial charge is 0.265 e. The van der Waals surface area contributed by atoms with E-state index in [9.17, 15) is 13.5 Å². The van der Waals surface area contributed by atoms with Gasteiger partial charge in [0.25, 0.3) is 10.0 Å². The van der Waals surface area contributed by atoms with Gasteiger partial charge in [-0.15, -0.1) is 0 Å². The molecule has 1 aliphatic rings. The second-order valence-corrected chi connectivity index (χ2v) is 8.04. The van der Waals surface area contributed by atoms with E-state index in [-0.39, 0.29) is 16.5 Å². The Hall–Kier alpha value is -1.27. The summed E-state index contributed by atoms with van der Waals surface area (Å²) < 4.78 is 27.5. The minimum Gasteiger partial charge on any atom is -0.388 e. The number of hydrogen-bond acceptors (Lipinski definition) is 3. The third-order valence-electron chi connectivity index (χ3n) is 3.86. The number of rotatable bonds is 2. The molecule has 0 saturated heterocycles. The van der Waals surface area contributed by atoms with Crippen molar-refractivity contribution in [3.8, 4) is 0 Å². The van der Waals surface area contributed by atoms with Crippen molar-refractivity contribution in [1.82, 2.24) is 0 Å². The van der Waals surface area contributed by atoms with E-state index < -0.39 is 16.1 Å². The summed E-state index contributed by atoms with van der Waals surface area (Å²) in [5.74, 6) is 0. The SMILES string of the molecule is O=S(=O)(c1cc(Cl)ccc1Cl)N1CCC[C@H](O)c2ccccc21. The van der Waals surface area contributed by atoms with Crippen LogP contribution in [0.15, 0.2) is 47.4 Å². The number of fused-ring (bicyclic) bond motifs is 1. The van der Waals surface area contributed by atoms with E-state index in [1.54, 1.807) is 30.3 Å². The van der Waals surface area contributed by atoms with Crippen LogP contribution in [-0.4, -0.2) is 20.1 Å². The lowest BCUT2D eigenvalue weighted by Gasteiger charge is -2.25. The van der Waals surface area contributed by atoms with Gasteiger partial charge in [0, 0.05) is 17.1 Å². The van der Waals surface area contributed by atoms with Crippen molar-refractivity contribution in [3.05, 3.63) is 58.1 Å². The fourth-order valence-corrected chi connectivity index (χ4v) is 5.01. The minimum absolute atomic E-state index is 0.0298. The van der Waals surface area contributed by atoms with Crippen LogP contribution in [0.1, 0.15) is 24.5 Å². The van der Waals surface area contributed by atoms with Crippen molar-refractivity contribution >= 4 is 38.9 Å². The number of hydrogen-bond donors (Lipinski definition) is 1. The van der Waals surface area contributed by atoms with Gasteiger partial charge in [-0.05, 0) is 37.1 Å². The Bertz CT molecular complexity index is 839. The largest absolute Gasteiger partial charge is 0.388 e. The Morgan fingerprint density at radius 3 is 2.65 bits per heavy atom. The molecule has 0 unspecified atom stereocenters. The lowest BCUT2D eigenvalue weighted by molar-refractivity contribution is 0.168. The van der Waals surface area contributed by atoms with Crippen molar-refractivity contribution in [3.63, 3.8) is 0 Å². The topological polar surface area (TPSA) is 57.6 Å². The molecule has 0 aromatic heterocycles. The van der Waals surface area contributed by atoms with Crippen molar-refractivity contribution in [2.45, 2.75) is 23.8 Å². The molecule has 122 valence electrons. The molecular weight excluding hydrogens is 357 g/mol. The lowest BCUT2D eigenvalue weighted by atomic mass is 10.1. The highest BCUT2D eigenvalue weighted by Gasteiger charge is 2.31. The standard InChI is InChI=1S/C16H15Cl2NO3S/c17-11-7-8-13(18)16(10-11)23(21,22)19-9-3-6-15(20)12-4-1-2-5-14(12)19/h1-2,4-5,7-8,10,15,20H,3,6,9H2/t15-/m0/s1. The Kier molecular flexibility index (Phi) is 4.56. The first-order valence-corrected chi connectivity index (χ1v) is 9.35. The Morgan fingerprint density at radius 1 is 1.13 bits per heavy atom. The number of benzene rings is 2. The molecule has 2 aromatic carbocycles. The highest BCUT2D eigenvalue weighted by Crippen LogP contribution is 2.37. The van der Waals surface area contributed by atoms with E-state index in [1.807, 2.05) is 0 Å². The fraction of sp³-hybridized carbons (Fsp3) is 0.250. The second kappa shape index (κ2) is 6.32. The van der Waals surface area contributed by atoms with E-state index >= 15 is 0 Å². The molecule has 0 spiro atoms. The molecule has 0 amide bonds. The van der Waals surface area contributed by atoms with Crippen LogP contribution < -0.4 is 4.31 Å². The van der Waals surface area contributed by atoms with Gasteiger partial charge in [0.15, 0.2) is 0 Å². The van der Waals surface area contributed by atoms with Gasteiger partial charge in [0.1, 0.15) is 4.90 Å². The molecule has 1 atom stereocenters. The number of halogens is 2. The number of aliphatic hydroxyl groups excluding tert-OH is 1. The van der Waals surface area contributed by atoms with Crippen LogP contribution in [0, 0.1) is 0 Å². The third-order valence-corrected chi connectivity index (χ3v) is 6.39. The highest BCUT2D eigenvalue weighted by atomic mass is 35.5. The summed E-state index contributed by atoms with van der Waals surface area (Å²) in [6.07, 6.45) is 0.376. The average molecular weight is 372 g/mol. The summed E-state index contributed by atoms with van der Waals surface area (Å²) in [5, 5.41) is 10.6. The summed E-state index contributed by atoms with van der Waals surface area (Å²) in [5.41, 5.74) is 1.08. The van der Waals surface area contributed by atoms with E-state index in [4.69, 9.17) is 23.2 Å². The van der Waals surface area contributed by atoms with Crippen LogP contribution in [0.5, 0.6) is 0 Å². The highest BCUT2D eigenvalue weighted by molar-refractivity contribution is 7.93. The number of para-hydroxylation sites is 1. The molecule has 0 fully saturated rings. The molecular formula is C16H15Cl2NO3S. The van der Waals surface area contributed by atoms with Gasteiger partial charge in [0.2, 0.25) is 0 Å². The number of anilines is 1. The van der Waals surface area contributed by atoms with Crippen molar-refractivity contribution in [2.24, 2.45) is 0 Å². The molecule has 0 bridgehead atoms. The molecule has 1 N–H and O–H groups in total. The van der Waals surface area contributed by atoms with Crippen LogP contribution in [0.25, 0.3) is 0 Å². The average Bonchev–Trinajstić information content (AvgIpc) is 2.70. The van der Waals surface area contributed by atoms with Crippen molar-refractivity contribution in [2.75, 3.05) is 10.8 Å². The summed E-state index contributed by atoms with van der Waals surface area (Å²) in [6.45, 7) is 0.277. The van der Waals surface area contributed by atoms with E-state index in [0.29, 0.717) is 29.1 Å². The van der Waals surface area contributed by atoms with Crippen molar-refractivity contribution in [1.29, 1.82) is 0 Å². The summed E-state index contributed by atoms with van der Waals surface area (Å²) >= 11 is 12.0. The Balaban J connectivity index is 2.16. The molecule has 2 aromatic rings. The zero-order valence-electron chi connectivity index (χ0n) is 12.1. The third kappa shape index (κ3) is 3.06. The van der Waals surface area contributed by atoms with Crippen LogP contribution in [0.4, 0.5) is 5.69 Å². The summed E-state index contributed by atoms with van der Waals surface area (Å²) in [6, 6.07) is 11.3. The van der Waals surface area contributed by atoms with Gasteiger partial charge in [-0.3, -0.25) is 4.31 Å². The fourth-order valence-electron chi connectivity index (χ4n) is 2.74. The van der Waals surface area contributed by atoms with E-state index in [1.165, 1.54) is 16.4 Å². The van der Waals surface area contributed by atoms with Gasteiger partial charge in [-0.2, -0.15) is 0 Å². The molecule has 23 heavy (non-hydrogen) atoms. The first-order chi connectivity index (χ1) is 10.9. The van der Waals surface area contributed by atoms with Crippen LogP contribution in [-0.2, 0) is 10.0 Å². The predicted octanol–water partition coefficient (Wildman–Crippen LogP) is 4.02. The van der Waals surface area contributed by atoms with E-state index in [0.717, 1.165) is 0 Å². The maximum Gasteiger partial charge on any atom is 0.265 e. The van der Waals surface area contributed by atoms with Gasteiger partial charge < -0.3 is 5.11 Å². The quantitative estimate of drug-likeness (QED) is 0.867. The maximum absolute atomic E-state index is 13.1. The van der Waals surface area contributed by atoms with E-state index in [2.05, 4.69) is 0 Å². The zero-order chi connectivity index (χ0) is 16.6. The molecule has 1 aliphatic heterocycles. The second-order valence-electron chi connectivity index (χ2n) is 5.37. The Morgan fingerprint density at radius 2 is 1.87 bits per heavy atom. The normalized spacial score (nSPS) is 18.4. The molecule has 7 heteroatoms. The maximum atomic E-state index is 13.1. The number of nitrogens with zero attached hydrogens (tertiary/aromatic N) is 1. The molecule has 1 heterocycles. The minimum atomic E-state index is -3.87. The number of sulfonamides is 1. The predicted molar refractivity (Wildman–Crippen MR) is 91.6 cm³/mol. The molecule has 0 aliphatic carbocycles. The molecule has 0 saturated carbocycles. The molecule has 3 rings (SSSR count). The van der Waals surface area contributed by atoms with Gasteiger partial charge in [-0.25, -0.2) is 8.42 Å². The molecule has 0 radical (unpaired) electrons. The van der Waals surface area contributed by atoms with Crippen LogP contribution >= 0.6 is 23.2 Å². The van der Waals surface area contributed by atoms with Gasteiger partial charge in [-0.1, -0.05) is 41.4 Å². The first-order valence-electron chi connectivity index (χ1n) is 7.16. The molecule has 4 nitrogen and oxygen atoms in total. The van der Waals surface area contributed by atoms with Crippen molar-refractivity contribution < 1.29 is 13.5 Å². The Labute approximate surface area is 145 Å². The summed E-state index contributed by atoms with van der Waals surface area (Å²) in [4.78, 5) is -0.0298. The zero-order valence-corrected chi connectivity index (χ0v) is 14.4. The number of aliphatic hydroxyl groups is 1. The first kappa shape index (κ1) is 16.6. The summed E-state index contributed by atoms with van der Waals surface area (Å²) in [7, 11) is -3.87. The van der Waals surface area contributed by atoms with Gasteiger partial charge >= 0.3 is 0 Å². The lowest BCUT2D eigenvalue weighted by Crippen LogP contribution is -2.32. The monoisotopic (exact) mass is 371 g/mol. The van der Waals surface area contributed by atoms with Crippen LogP contribution in [0.2, 0.25) is 10.0 Å².